The van der Waals surface area contributed by atoms with Gasteiger partial charge in [0.25, 0.3) is 5.91 Å². The standard InChI is InChI=1S/C41H63N5O7S/c1-11-14-20-45(9)25-36(48)44-37(28(6)13-3)40(50)46(10)34(27(4)5)24-35(53-30(8)47)39-43-33(26-54-39)38(49)42-32(23-31-18-16-15-17-19-31)22-29(7)41(51)52-21-12-2/h12,15-19,26-29,32,34-35,37H,2,11,13-14,20-25H2,1,3-10H3,(H,42,49)(H,44,48)/t28-,29-,32+,34+,35+,37-/m0/s1. The number of esters is 2. The summed E-state index contributed by atoms with van der Waals surface area (Å²) >= 11 is 1.20. The summed E-state index contributed by atoms with van der Waals surface area (Å²) < 4.78 is 11.0. The van der Waals surface area contributed by atoms with E-state index in [4.69, 9.17) is 9.47 Å². The molecule has 0 aliphatic carbocycles. The highest BCUT2D eigenvalue weighted by atomic mass is 32.1. The Labute approximate surface area is 326 Å². The van der Waals surface area contributed by atoms with Crippen molar-refractivity contribution in [1.82, 2.24) is 25.4 Å². The molecule has 6 atom stereocenters. The van der Waals surface area contributed by atoms with E-state index in [1.807, 2.05) is 70.0 Å². The quantitative estimate of drug-likeness (QED) is 0.0973. The van der Waals surface area contributed by atoms with Gasteiger partial charge in [0.05, 0.1) is 12.5 Å². The summed E-state index contributed by atoms with van der Waals surface area (Å²) in [7, 11) is 3.61. The Morgan fingerprint density at radius 1 is 1.00 bits per heavy atom. The number of likely N-dealkylation sites (N-methyl/N-ethyl adjacent to an activating group) is 2. The number of aromatic nitrogens is 1. The third-order valence-corrected chi connectivity index (χ3v) is 10.5. The predicted molar refractivity (Wildman–Crippen MR) is 213 cm³/mol. The Morgan fingerprint density at radius 2 is 1.69 bits per heavy atom. The van der Waals surface area contributed by atoms with Crippen molar-refractivity contribution in [2.24, 2.45) is 17.8 Å². The molecule has 2 aromatic rings. The summed E-state index contributed by atoms with van der Waals surface area (Å²) in [6.07, 6.45) is 4.43. The molecule has 2 N–H and O–H groups in total. The summed E-state index contributed by atoms with van der Waals surface area (Å²) in [5.41, 5.74) is 1.15. The Bertz CT molecular complexity index is 1500. The number of carbonyl (C=O) groups excluding carboxylic acids is 5. The molecule has 0 radical (unpaired) electrons. The fourth-order valence-corrected chi connectivity index (χ4v) is 7.07. The maximum absolute atomic E-state index is 14.1. The zero-order valence-electron chi connectivity index (χ0n) is 33.8. The zero-order chi connectivity index (χ0) is 40.4. The molecule has 3 amide bonds. The lowest BCUT2D eigenvalue weighted by Crippen LogP contribution is -2.55. The molecule has 2 rings (SSSR count). The molecular formula is C41H63N5O7S. The minimum Gasteiger partial charge on any atom is -0.461 e. The SMILES string of the molecule is C=CCOC(=O)[C@@H](C)C[C@H](Cc1ccccc1)NC(=O)c1csc([C@@H](C[C@H](C(C)C)N(C)C(=O)[C@@H](NC(=O)CN(C)CCCC)[C@@H](C)CC)OC(C)=O)n1. The van der Waals surface area contributed by atoms with Gasteiger partial charge in [0.1, 0.15) is 23.4 Å². The second-order valence-electron chi connectivity index (χ2n) is 14.6. The number of rotatable bonds is 24. The molecule has 0 fully saturated rings. The first-order valence-corrected chi connectivity index (χ1v) is 20.0. The van der Waals surface area contributed by atoms with Crippen LogP contribution in [-0.2, 0) is 35.1 Å². The molecule has 300 valence electrons. The van der Waals surface area contributed by atoms with E-state index < -0.39 is 42.0 Å². The van der Waals surface area contributed by atoms with Crippen LogP contribution in [0, 0.1) is 17.8 Å². The number of unbranched alkanes of at least 4 members (excludes halogenated alkanes) is 1. The zero-order valence-corrected chi connectivity index (χ0v) is 34.6. The first-order valence-electron chi connectivity index (χ1n) is 19.1. The molecule has 0 aliphatic heterocycles. The molecule has 0 saturated heterocycles. The number of nitrogens with one attached hydrogen (secondary N) is 2. The number of benzene rings is 1. The Kier molecular flexibility index (Phi) is 20.2. The Balaban J connectivity index is 2.30. The van der Waals surface area contributed by atoms with E-state index in [0.717, 1.165) is 24.9 Å². The van der Waals surface area contributed by atoms with E-state index >= 15 is 0 Å². The number of ether oxygens (including phenoxy) is 2. The van der Waals surface area contributed by atoms with Gasteiger partial charge in [-0.2, -0.15) is 0 Å². The van der Waals surface area contributed by atoms with Gasteiger partial charge in [-0.3, -0.25) is 28.9 Å². The minimum absolute atomic E-state index is 0.0490. The van der Waals surface area contributed by atoms with Gasteiger partial charge >= 0.3 is 11.9 Å². The molecular weight excluding hydrogens is 707 g/mol. The van der Waals surface area contributed by atoms with Crippen molar-refractivity contribution in [3.8, 4) is 0 Å². The van der Waals surface area contributed by atoms with E-state index in [2.05, 4.69) is 29.1 Å². The van der Waals surface area contributed by atoms with Crippen LogP contribution in [0.1, 0.15) is 108 Å². The molecule has 1 aromatic carbocycles. The average Bonchev–Trinajstić information content (AvgIpc) is 3.63. The molecule has 1 aromatic heterocycles. The topological polar surface area (TPSA) is 147 Å². The molecule has 13 heteroatoms. The van der Waals surface area contributed by atoms with Crippen LogP contribution in [0.15, 0.2) is 48.4 Å². The number of hydrogen-bond acceptors (Lipinski definition) is 10. The van der Waals surface area contributed by atoms with Crippen molar-refractivity contribution in [3.63, 3.8) is 0 Å². The number of carbonyl (C=O) groups is 5. The Morgan fingerprint density at radius 3 is 2.28 bits per heavy atom. The van der Waals surface area contributed by atoms with Crippen LogP contribution in [0.3, 0.4) is 0 Å². The van der Waals surface area contributed by atoms with Crippen LogP contribution in [0.2, 0.25) is 0 Å². The monoisotopic (exact) mass is 769 g/mol. The normalized spacial score (nSPS) is 14.6. The smallest absolute Gasteiger partial charge is 0.309 e. The molecule has 0 unspecified atom stereocenters. The minimum atomic E-state index is -0.833. The maximum atomic E-state index is 14.1. The second-order valence-corrected chi connectivity index (χ2v) is 15.5. The van der Waals surface area contributed by atoms with E-state index in [1.165, 1.54) is 24.3 Å². The molecule has 0 spiro atoms. The van der Waals surface area contributed by atoms with Gasteiger partial charge in [-0.25, -0.2) is 4.98 Å². The summed E-state index contributed by atoms with van der Waals surface area (Å²) in [4.78, 5) is 74.0. The first-order chi connectivity index (χ1) is 25.6. The molecule has 1 heterocycles. The summed E-state index contributed by atoms with van der Waals surface area (Å²) in [6.45, 7) is 17.8. The van der Waals surface area contributed by atoms with Gasteiger partial charge in [0, 0.05) is 37.9 Å². The van der Waals surface area contributed by atoms with Crippen molar-refractivity contribution in [2.45, 2.75) is 111 Å². The third-order valence-electron chi connectivity index (χ3n) is 9.55. The highest BCUT2D eigenvalue weighted by Gasteiger charge is 2.36. The molecule has 54 heavy (non-hydrogen) atoms. The largest absolute Gasteiger partial charge is 0.461 e. The van der Waals surface area contributed by atoms with Crippen molar-refractivity contribution in [3.05, 3.63) is 64.6 Å². The van der Waals surface area contributed by atoms with Crippen LogP contribution in [0.25, 0.3) is 0 Å². The fraction of sp³-hybridized carbons (Fsp3) is 0.610. The van der Waals surface area contributed by atoms with Crippen LogP contribution in [0.5, 0.6) is 0 Å². The predicted octanol–water partition coefficient (Wildman–Crippen LogP) is 5.98. The first kappa shape index (κ1) is 46.1. The summed E-state index contributed by atoms with van der Waals surface area (Å²) in [5.74, 6) is -2.39. The maximum Gasteiger partial charge on any atom is 0.309 e. The summed E-state index contributed by atoms with van der Waals surface area (Å²) in [5, 5.41) is 8.09. The molecule has 0 aliphatic rings. The van der Waals surface area contributed by atoms with Crippen molar-refractivity contribution < 1.29 is 33.4 Å². The van der Waals surface area contributed by atoms with E-state index in [9.17, 15) is 24.0 Å². The third kappa shape index (κ3) is 15.3. The molecule has 12 nitrogen and oxygen atoms in total. The second kappa shape index (κ2) is 23.6. The van der Waals surface area contributed by atoms with Gasteiger partial charge < -0.3 is 25.0 Å². The number of amides is 3. The van der Waals surface area contributed by atoms with Gasteiger partial charge in [-0.1, -0.05) is 97.4 Å². The van der Waals surface area contributed by atoms with Crippen LogP contribution < -0.4 is 10.6 Å². The highest BCUT2D eigenvalue weighted by molar-refractivity contribution is 7.09. The highest BCUT2D eigenvalue weighted by Crippen LogP contribution is 2.31. The van der Waals surface area contributed by atoms with E-state index in [0.29, 0.717) is 24.3 Å². The van der Waals surface area contributed by atoms with E-state index in [1.54, 1.807) is 24.3 Å². The molecule has 0 bridgehead atoms. The lowest BCUT2D eigenvalue weighted by molar-refractivity contribution is -0.149. The number of nitrogens with zero attached hydrogens (tertiary/aromatic N) is 3. The van der Waals surface area contributed by atoms with Gasteiger partial charge in [-0.15, -0.1) is 11.3 Å². The Hall–Kier alpha value is -4.10. The van der Waals surface area contributed by atoms with Gasteiger partial charge in [0.15, 0.2) is 6.10 Å². The fourth-order valence-electron chi connectivity index (χ4n) is 6.23. The van der Waals surface area contributed by atoms with Gasteiger partial charge in [0.2, 0.25) is 11.8 Å². The van der Waals surface area contributed by atoms with Crippen LogP contribution in [0.4, 0.5) is 0 Å². The van der Waals surface area contributed by atoms with Gasteiger partial charge in [-0.05, 0) is 50.3 Å². The van der Waals surface area contributed by atoms with Crippen molar-refractivity contribution >= 4 is 41.0 Å². The number of hydrogen-bond donors (Lipinski definition) is 2. The molecule has 0 saturated carbocycles. The summed E-state index contributed by atoms with van der Waals surface area (Å²) in [6, 6.07) is 8.15. The van der Waals surface area contributed by atoms with Crippen LogP contribution >= 0.6 is 11.3 Å². The lowest BCUT2D eigenvalue weighted by atomic mass is 9.93. The lowest BCUT2D eigenvalue weighted by Gasteiger charge is -2.37. The van der Waals surface area contributed by atoms with Crippen LogP contribution in [-0.4, -0.2) is 96.4 Å². The number of thiazole rings is 1. The van der Waals surface area contributed by atoms with Crippen molar-refractivity contribution in [1.29, 1.82) is 0 Å². The van der Waals surface area contributed by atoms with Crippen molar-refractivity contribution in [2.75, 3.05) is 33.8 Å². The van der Waals surface area contributed by atoms with E-state index in [-0.39, 0.29) is 54.9 Å². The average molecular weight is 770 g/mol.